The van der Waals surface area contributed by atoms with Crippen LogP contribution >= 0.6 is 27.3 Å². The third kappa shape index (κ3) is 3.33. The molecule has 2 aromatic rings. The third-order valence-corrected chi connectivity index (χ3v) is 4.17. The van der Waals surface area contributed by atoms with Crippen LogP contribution in [0.3, 0.4) is 0 Å². The van der Waals surface area contributed by atoms with E-state index in [9.17, 15) is 4.79 Å². The zero-order valence-electron chi connectivity index (χ0n) is 10.6. The Hall–Kier alpha value is -1.40. The Morgan fingerprint density at radius 2 is 2.21 bits per heavy atom. The van der Waals surface area contributed by atoms with Crippen molar-refractivity contribution in [3.63, 3.8) is 0 Å². The van der Waals surface area contributed by atoms with Crippen LogP contribution in [-0.4, -0.2) is 23.1 Å². The molecule has 0 fully saturated rings. The molecule has 1 N–H and O–H groups in total. The fourth-order valence-electron chi connectivity index (χ4n) is 1.70. The highest BCUT2D eigenvalue weighted by Gasteiger charge is 2.11. The van der Waals surface area contributed by atoms with Gasteiger partial charge in [-0.2, -0.15) is 0 Å². The Kier molecular flexibility index (Phi) is 4.21. The molecule has 100 valence electrons. The molecule has 4 nitrogen and oxygen atoms in total. The average molecular weight is 341 g/mol. The summed E-state index contributed by atoms with van der Waals surface area (Å²) >= 11 is 4.95. The van der Waals surface area contributed by atoms with Crippen LogP contribution in [0.25, 0.3) is 0 Å². The highest BCUT2D eigenvalue weighted by molar-refractivity contribution is 9.10. The SMILES string of the molecule is Cc1ncsc1CN(C)c1cc(Br)cc(C(=O)O)c1. The molecule has 0 aliphatic heterocycles. The normalized spacial score (nSPS) is 10.5. The molecule has 1 aromatic heterocycles. The number of aryl methyl sites for hydroxylation is 1. The van der Waals surface area contributed by atoms with Gasteiger partial charge >= 0.3 is 5.97 Å². The van der Waals surface area contributed by atoms with Gasteiger partial charge in [0.25, 0.3) is 0 Å². The lowest BCUT2D eigenvalue weighted by atomic mass is 10.2. The number of hydrogen-bond acceptors (Lipinski definition) is 4. The summed E-state index contributed by atoms with van der Waals surface area (Å²) in [6.07, 6.45) is 0. The molecule has 0 amide bonds. The highest BCUT2D eigenvalue weighted by Crippen LogP contribution is 2.25. The number of halogens is 1. The summed E-state index contributed by atoms with van der Waals surface area (Å²) in [5, 5.41) is 9.07. The number of rotatable bonds is 4. The standard InChI is InChI=1S/C13H13BrN2O2S/c1-8-12(19-7-15-8)6-16(2)11-4-9(13(17)18)3-10(14)5-11/h3-5,7H,6H2,1-2H3,(H,17,18). The molecule has 1 heterocycles. The molecule has 2 rings (SSSR count). The lowest BCUT2D eigenvalue weighted by Gasteiger charge is -2.19. The van der Waals surface area contributed by atoms with Gasteiger partial charge in [0.1, 0.15) is 0 Å². The summed E-state index contributed by atoms with van der Waals surface area (Å²) in [4.78, 5) is 18.5. The van der Waals surface area contributed by atoms with Gasteiger partial charge in [-0.25, -0.2) is 9.78 Å². The maximum Gasteiger partial charge on any atom is 0.335 e. The van der Waals surface area contributed by atoms with Crippen LogP contribution in [0.5, 0.6) is 0 Å². The van der Waals surface area contributed by atoms with Gasteiger partial charge in [-0.3, -0.25) is 0 Å². The number of carboxylic acids is 1. The van der Waals surface area contributed by atoms with Crippen molar-refractivity contribution in [2.75, 3.05) is 11.9 Å². The van der Waals surface area contributed by atoms with Gasteiger partial charge in [-0.05, 0) is 25.1 Å². The second-order valence-corrected chi connectivity index (χ2v) is 6.08. The summed E-state index contributed by atoms with van der Waals surface area (Å²) in [5.41, 5.74) is 3.98. The zero-order chi connectivity index (χ0) is 14.0. The maximum absolute atomic E-state index is 11.1. The molecule has 0 spiro atoms. The van der Waals surface area contributed by atoms with E-state index in [1.165, 1.54) is 4.88 Å². The maximum atomic E-state index is 11.1. The Balaban J connectivity index is 2.26. The molecule has 0 atom stereocenters. The van der Waals surface area contributed by atoms with Gasteiger partial charge in [0.15, 0.2) is 0 Å². The van der Waals surface area contributed by atoms with Crippen LogP contribution in [0, 0.1) is 6.92 Å². The first-order valence-corrected chi connectivity index (χ1v) is 7.28. The van der Waals surface area contributed by atoms with Crippen molar-refractivity contribution in [2.45, 2.75) is 13.5 Å². The van der Waals surface area contributed by atoms with Crippen LogP contribution in [0.1, 0.15) is 20.9 Å². The first-order valence-electron chi connectivity index (χ1n) is 5.61. The van der Waals surface area contributed by atoms with E-state index in [0.29, 0.717) is 6.54 Å². The molecule has 0 saturated heterocycles. The molecule has 19 heavy (non-hydrogen) atoms. The lowest BCUT2D eigenvalue weighted by Crippen LogP contribution is -2.16. The van der Waals surface area contributed by atoms with E-state index in [1.54, 1.807) is 23.5 Å². The summed E-state index contributed by atoms with van der Waals surface area (Å²) in [6.45, 7) is 2.69. The Morgan fingerprint density at radius 3 is 2.79 bits per heavy atom. The topological polar surface area (TPSA) is 53.4 Å². The van der Waals surface area contributed by atoms with Crippen LogP contribution in [0.2, 0.25) is 0 Å². The number of carboxylic acid groups (broad SMARTS) is 1. The minimum atomic E-state index is -0.926. The number of nitrogens with zero attached hydrogens (tertiary/aromatic N) is 2. The average Bonchev–Trinajstić information content (AvgIpc) is 2.74. The number of benzene rings is 1. The third-order valence-electron chi connectivity index (χ3n) is 2.80. The van der Waals surface area contributed by atoms with E-state index in [4.69, 9.17) is 5.11 Å². The van der Waals surface area contributed by atoms with Gasteiger partial charge in [-0.1, -0.05) is 15.9 Å². The van der Waals surface area contributed by atoms with Gasteiger partial charge in [0.05, 0.1) is 23.3 Å². The Bertz CT molecular complexity index is 612. The Morgan fingerprint density at radius 1 is 1.47 bits per heavy atom. The number of aromatic carboxylic acids is 1. The molecule has 0 unspecified atom stereocenters. The molecule has 0 saturated carbocycles. The van der Waals surface area contributed by atoms with E-state index in [-0.39, 0.29) is 5.56 Å². The molecular weight excluding hydrogens is 328 g/mol. The quantitative estimate of drug-likeness (QED) is 0.924. The van der Waals surface area contributed by atoms with Crippen LogP contribution in [-0.2, 0) is 6.54 Å². The minimum absolute atomic E-state index is 0.275. The van der Waals surface area contributed by atoms with Crippen molar-refractivity contribution in [3.8, 4) is 0 Å². The largest absolute Gasteiger partial charge is 0.478 e. The molecular formula is C13H13BrN2O2S. The monoisotopic (exact) mass is 340 g/mol. The van der Waals surface area contributed by atoms with Gasteiger partial charge in [0.2, 0.25) is 0 Å². The van der Waals surface area contributed by atoms with Crippen LogP contribution in [0.4, 0.5) is 5.69 Å². The molecule has 0 aliphatic rings. The fraction of sp³-hybridized carbons (Fsp3) is 0.231. The summed E-state index contributed by atoms with van der Waals surface area (Å²) < 4.78 is 0.760. The number of aromatic nitrogens is 1. The molecule has 0 bridgehead atoms. The van der Waals surface area contributed by atoms with Gasteiger partial charge in [0, 0.05) is 22.1 Å². The van der Waals surface area contributed by atoms with E-state index in [1.807, 2.05) is 30.4 Å². The van der Waals surface area contributed by atoms with Crippen molar-refractivity contribution in [2.24, 2.45) is 0 Å². The minimum Gasteiger partial charge on any atom is -0.478 e. The molecule has 0 radical (unpaired) electrons. The van der Waals surface area contributed by atoms with E-state index in [0.717, 1.165) is 15.9 Å². The molecule has 0 aliphatic carbocycles. The summed E-state index contributed by atoms with van der Waals surface area (Å²) in [6, 6.07) is 5.17. The second kappa shape index (κ2) is 5.71. The van der Waals surface area contributed by atoms with Crippen molar-refractivity contribution in [3.05, 3.63) is 44.3 Å². The van der Waals surface area contributed by atoms with Crippen LogP contribution < -0.4 is 4.90 Å². The summed E-state index contributed by atoms with van der Waals surface area (Å²) in [7, 11) is 1.94. The zero-order valence-corrected chi connectivity index (χ0v) is 13.0. The van der Waals surface area contributed by atoms with Crippen LogP contribution in [0.15, 0.2) is 28.2 Å². The predicted octanol–water partition coefficient (Wildman–Crippen LogP) is 3.55. The molecule has 6 heteroatoms. The van der Waals surface area contributed by atoms with Crippen molar-refractivity contribution in [1.29, 1.82) is 0 Å². The first kappa shape index (κ1) is 14.0. The van der Waals surface area contributed by atoms with E-state index >= 15 is 0 Å². The molecule has 1 aromatic carbocycles. The number of carbonyl (C=O) groups is 1. The Labute approximate surface area is 123 Å². The second-order valence-electron chi connectivity index (χ2n) is 4.22. The lowest BCUT2D eigenvalue weighted by molar-refractivity contribution is 0.0697. The summed E-state index contributed by atoms with van der Waals surface area (Å²) in [5.74, 6) is -0.926. The highest BCUT2D eigenvalue weighted by atomic mass is 79.9. The number of thiazole rings is 1. The van der Waals surface area contributed by atoms with E-state index in [2.05, 4.69) is 20.9 Å². The van der Waals surface area contributed by atoms with Crippen molar-refractivity contribution in [1.82, 2.24) is 4.98 Å². The predicted molar refractivity (Wildman–Crippen MR) is 80.1 cm³/mol. The van der Waals surface area contributed by atoms with Crippen molar-refractivity contribution < 1.29 is 9.90 Å². The van der Waals surface area contributed by atoms with Gasteiger partial charge < -0.3 is 10.0 Å². The van der Waals surface area contributed by atoms with E-state index < -0.39 is 5.97 Å². The number of anilines is 1. The van der Waals surface area contributed by atoms with Crippen molar-refractivity contribution >= 4 is 38.9 Å². The smallest absolute Gasteiger partial charge is 0.335 e. The fourth-order valence-corrected chi connectivity index (χ4v) is 3.01. The number of hydrogen-bond donors (Lipinski definition) is 1. The first-order chi connectivity index (χ1) is 8.97. The van der Waals surface area contributed by atoms with Gasteiger partial charge in [-0.15, -0.1) is 11.3 Å².